The number of carbonyl (C=O) groups is 2. The molecule has 2 aromatic rings. The summed E-state index contributed by atoms with van der Waals surface area (Å²) in [7, 11) is 0. The third-order valence-corrected chi connectivity index (χ3v) is 4.36. The van der Waals surface area contributed by atoms with Gasteiger partial charge in [0, 0.05) is 12.2 Å². The maximum atomic E-state index is 12.5. The molecule has 0 saturated carbocycles. The maximum Gasteiger partial charge on any atom is 0.405 e. The topological polar surface area (TPSA) is 70.7 Å². The van der Waals surface area contributed by atoms with Gasteiger partial charge in [0.25, 0.3) is 0 Å². The Kier molecular flexibility index (Phi) is 6.26. The zero-order chi connectivity index (χ0) is 20.9. The molecule has 1 atom stereocenters. The Hall–Kier alpha value is -3.23. The number of rotatable bonds is 5. The molecular weight excluding hydrogens is 387 g/mol. The van der Waals surface area contributed by atoms with E-state index in [1.54, 1.807) is 24.3 Å². The number of carbonyl (C=O) groups excluding carboxylic acids is 2. The van der Waals surface area contributed by atoms with Crippen LogP contribution in [-0.2, 0) is 4.79 Å². The molecule has 2 N–H and O–H groups in total. The van der Waals surface area contributed by atoms with Crippen molar-refractivity contribution in [2.24, 2.45) is 0 Å². The molecule has 1 saturated heterocycles. The second-order valence-corrected chi connectivity index (χ2v) is 6.55. The average molecular weight is 407 g/mol. The summed E-state index contributed by atoms with van der Waals surface area (Å²) in [5.41, 5.74) is 0.483. The van der Waals surface area contributed by atoms with Crippen molar-refractivity contribution in [3.8, 4) is 11.5 Å². The van der Waals surface area contributed by atoms with Gasteiger partial charge in [-0.3, -0.25) is 4.79 Å². The summed E-state index contributed by atoms with van der Waals surface area (Å²) in [6, 6.07) is 14.4. The van der Waals surface area contributed by atoms with Crippen molar-refractivity contribution in [2.75, 3.05) is 18.4 Å². The van der Waals surface area contributed by atoms with Crippen molar-refractivity contribution in [3.63, 3.8) is 0 Å². The van der Waals surface area contributed by atoms with E-state index in [1.807, 2.05) is 35.6 Å². The number of amides is 3. The molecular formula is C20H20F3N3O3. The minimum absolute atomic E-state index is 0.297. The molecule has 1 heterocycles. The number of nitrogens with zero attached hydrogens (tertiary/aromatic N) is 1. The van der Waals surface area contributed by atoms with Crippen molar-refractivity contribution in [1.29, 1.82) is 0 Å². The number of hydrogen-bond acceptors (Lipinski definition) is 3. The van der Waals surface area contributed by atoms with Gasteiger partial charge in [-0.25, -0.2) is 4.79 Å². The molecule has 0 radical (unpaired) electrons. The lowest BCUT2D eigenvalue weighted by molar-refractivity contribution is -0.140. The van der Waals surface area contributed by atoms with E-state index in [-0.39, 0.29) is 0 Å². The van der Waals surface area contributed by atoms with Crippen LogP contribution in [0.2, 0.25) is 0 Å². The molecule has 9 heteroatoms. The zero-order valence-corrected chi connectivity index (χ0v) is 15.4. The van der Waals surface area contributed by atoms with Gasteiger partial charge in [0.05, 0.1) is 0 Å². The van der Waals surface area contributed by atoms with Crippen molar-refractivity contribution in [3.05, 3.63) is 54.6 Å². The smallest absolute Gasteiger partial charge is 0.405 e. The molecule has 154 valence electrons. The molecule has 1 aliphatic heterocycles. The van der Waals surface area contributed by atoms with E-state index in [9.17, 15) is 22.8 Å². The van der Waals surface area contributed by atoms with Gasteiger partial charge in [0.15, 0.2) is 0 Å². The van der Waals surface area contributed by atoms with Gasteiger partial charge in [-0.2, -0.15) is 13.2 Å². The summed E-state index contributed by atoms with van der Waals surface area (Å²) in [6.45, 7) is -1.12. The highest BCUT2D eigenvalue weighted by molar-refractivity contribution is 5.94. The van der Waals surface area contributed by atoms with Crippen LogP contribution in [0.4, 0.5) is 23.7 Å². The summed E-state index contributed by atoms with van der Waals surface area (Å²) < 4.78 is 42.6. The van der Waals surface area contributed by atoms with E-state index in [4.69, 9.17) is 4.74 Å². The Labute approximate surface area is 165 Å². The Morgan fingerprint density at radius 3 is 2.34 bits per heavy atom. The van der Waals surface area contributed by atoms with Crippen LogP contribution in [0.15, 0.2) is 54.6 Å². The lowest BCUT2D eigenvalue weighted by atomic mass is 10.2. The Morgan fingerprint density at radius 1 is 1.03 bits per heavy atom. The number of halogens is 3. The molecule has 0 aromatic heterocycles. The van der Waals surface area contributed by atoms with Crippen molar-refractivity contribution in [2.45, 2.75) is 25.1 Å². The number of likely N-dealkylation sites (tertiary alicyclic amines) is 1. The Morgan fingerprint density at radius 2 is 1.69 bits per heavy atom. The molecule has 2 aromatic carbocycles. The summed E-state index contributed by atoms with van der Waals surface area (Å²) in [4.78, 5) is 25.8. The molecule has 6 nitrogen and oxygen atoms in total. The Bertz CT molecular complexity index is 842. The van der Waals surface area contributed by atoms with Crippen LogP contribution in [0, 0.1) is 0 Å². The quantitative estimate of drug-likeness (QED) is 0.782. The van der Waals surface area contributed by atoms with E-state index >= 15 is 0 Å². The minimum Gasteiger partial charge on any atom is -0.457 e. The molecule has 0 aliphatic carbocycles. The number of alkyl halides is 3. The standard InChI is InChI=1S/C20H20F3N3O3/c21-20(22,23)13-24-18(27)17-7-4-12-26(17)19(28)25-14-8-10-16(11-9-14)29-15-5-2-1-3-6-15/h1-3,5-6,8-11,17H,4,7,12-13H2,(H,24,27)(H,25,28). The predicted octanol–water partition coefficient (Wildman–Crippen LogP) is 4.15. The Balaban J connectivity index is 1.56. The number of hydrogen-bond donors (Lipinski definition) is 2. The fourth-order valence-electron chi connectivity index (χ4n) is 3.01. The fourth-order valence-corrected chi connectivity index (χ4v) is 3.01. The van der Waals surface area contributed by atoms with E-state index < -0.39 is 30.7 Å². The number of anilines is 1. The molecule has 0 bridgehead atoms. The third-order valence-electron chi connectivity index (χ3n) is 4.36. The predicted molar refractivity (Wildman–Crippen MR) is 101 cm³/mol. The monoisotopic (exact) mass is 407 g/mol. The normalized spacial score (nSPS) is 16.4. The summed E-state index contributed by atoms with van der Waals surface area (Å²) in [5, 5.41) is 4.50. The summed E-state index contributed by atoms with van der Waals surface area (Å²) in [5.74, 6) is 0.454. The highest BCUT2D eigenvalue weighted by Gasteiger charge is 2.36. The number of urea groups is 1. The van der Waals surface area contributed by atoms with Gasteiger partial charge in [0.2, 0.25) is 5.91 Å². The van der Waals surface area contributed by atoms with Crippen LogP contribution >= 0.6 is 0 Å². The van der Waals surface area contributed by atoms with Crippen LogP contribution in [-0.4, -0.2) is 42.1 Å². The van der Waals surface area contributed by atoms with Gasteiger partial charge >= 0.3 is 12.2 Å². The molecule has 1 unspecified atom stereocenters. The second-order valence-electron chi connectivity index (χ2n) is 6.55. The highest BCUT2D eigenvalue weighted by atomic mass is 19.4. The lowest BCUT2D eigenvalue weighted by Crippen LogP contribution is -2.49. The van der Waals surface area contributed by atoms with E-state index in [1.165, 1.54) is 4.90 Å². The van der Waals surface area contributed by atoms with E-state index in [0.717, 1.165) is 0 Å². The largest absolute Gasteiger partial charge is 0.457 e. The molecule has 29 heavy (non-hydrogen) atoms. The van der Waals surface area contributed by atoms with Gasteiger partial charge in [-0.15, -0.1) is 0 Å². The van der Waals surface area contributed by atoms with Crippen LogP contribution in [0.1, 0.15) is 12.8 Å². The molecule has 3 amide bonds. The number of ether oxygens (including phenoxy) is 1. The first-order chi connectivity index (χ1) is 13.8. The van der Waals surface area contributed by atoms with Gasteiger partial charge in [0.1, 0.15) is 24.1 Å². The SMILES string of the molecule is O=C(NCC(F)(F)F)C1CCCN1C(=O)Nc1ccc(Oc2ccccc2)cc1. The third kappa shape index (κ3) is 5.87. The van der Waals surface area contributed by atoms with Crippen molar-refractivity contribution < 1.29 is 27.5 Å². The molecule has 0 spiro atoms. The van der Waals surface area contributed by atoms with Gasteiger partial charge < -0.3 is 20.3 Å². The average Bonchev–Trinajstić information content (AvgIpc) is 3.18. The van der Waals surface area contributed by atoms with Gasteiger partial charge in [-0.1, -0.05) is 18.2 Å². The highest BCUT2D eigenvalue weighted by Crippen LogP contribution is 2.24. The molecule has 3 rings (SSSR count). The van der Waals surface area contributed by atoms with E-state index in [2.05, 4.69) is 5.32 Å². The molecule has 1 fully saturated rings. The first-order valence-electron chi connectivity index (χ1n) is 9.07. The first kappa shape index (κ1) is 20.5. The van der Waals surface area contributed by atoms with Crippen LogP contribution in [0.3, 0.4) is 0 Å². The van der Waals surface area contributed by atoms with Crippen molar-refractivity contribution >= 4 is 17.6 Å². The van der Waals surface area contributed by atoms with Crippen LogP contribution in [0.25, 0.3) is 0 Å². The maximum absolute atomic E-state index is 12.5. The lowest BCUT2D eigenvalue weighted by Gasteiger charge is -2.24. The molecule has 1 aliphatic rings. The number of nitrogens with one attached hydrogen (secondary N) is 2. The number of benzene rings is 2. The van der Waals surface area contributed by atoms with Crippen molar-refractivity contribution in [1.82, 2.24) is 10.2 Å². The number of para-hydroxylation sites is 1. The first-order valence-corrected chi connectivity index (χ1v) is 9.07. The van der Waals surface area contributed by atoms with Crippen LogP contribution in [0.5, 0.6) is 11.5 Å². The zero-order valence-electron chi connectivity index (χ0n) is 15.4. The fraction of sp³-hybridized carbons (Fsp3) is 0.300. The second kappa shape index (κ2) is 8.85. The summed E-state index contributed by atoms with van der Waals surface area (Å²) >= 11 is 0. The summed E-state index contributed by atoms with van der Waals surface area (Å²) in [6.07, 6.45) is -3.63. The minimum atomic E-state index is -4.50. The van der Waals surface area contributed by atoms with E-state index in [0.29, 0.717) is 36.6 Å². The van der Waals surface area contributed by atoms with Gasteiger partial charge in [-0.05, 0) is 49.2 Å². The van der Waals surface area contributed by atoms with Crippen LogP contribution < -0.4 is 15.4 Å².